The number of nitrogens with zero attached hydrogens (tertiary/aromatic N) is 2. The van der Waals surface area contributed by atoms with Gasteiger partial charge in [0.1, 0.15) is 11.9 Å². The van der Waals surface area contributed by atoms with Gasteiger partial charge in [-0.1, -0.05) is 24.6 Å². The molecule has 1 unspecified atom stereocenters. The molecule has 2 rings (SSSR count). The minimum atomic E-state index is -1.08. The van der Waals surface area contributed by atoms with Crippen molar-refractivity contribution in [2.24, 2.45) is 0 Å². The van der Waals surface area contributed by atoms with Crippen molar-refractivity contribution in [1.29, 1.82) is 0 Å². The summed E-state index contributed by atoms with van der Waals surface area (Å²) in [7, 11) is 0. The van der Waals surface area contributed by atoms with Gasteiger partial charge in [0.05, 0.1) is 16.4 Å². The molecule has 1 aromatic heterocycles. The summed E-state index contributed by atoms with van der Waals surface area (Å²) in [6.07, 6.45) is 1.39. The van der Waals surface area contributed by atoms with Crippen LogP contribution in [0, 0.1) is 5.82 Å². The average molecular weight is 348 g/mol. The molecular formula is C13H13BrClFN2O. The second kappa shape index (κ2) is 6.03. The lowest BCUT2D eigenvalue weighted by atomic mass is 10.1. The number of rotatable bonds is 4. The van der Waals surface area contributed by atoms with Gasteiger partial charge in [-0.15, -0.1) is 0 Å². The molecule has 3 nitrogen and oxygen atoms in total. The fourth-order valence-electron chi connectivity index (χ4n) is 1.90. The van der Waals surface area contributed by atoms with E-state index in [1.165, 1.54) is 12.1 Å². The molecular weight excluding hydrogens is 335 g/mol. The number of benzene rings is 1. The van der Waals surface area contributed by atoms with Crippen LogP contribution in [0.4, 0.5) is 4.39 Å². The van der Waals surface area contributed by atoms with Crippen molar-refractivity contribution in [2.75, 3.05) is 0 Å². The Morgan fingerprint density at radius 1 is 1.53 bits per heavy atom. The predicted octanol–water partition coefficient (Wildman–Crippen LogP) is 3.93. The van der Waals surface area contributed by atoms with Crippen molar-refractivity contribution in [1.82, 2.24) is 9.78 Å². The molecule has 1 heterocycles. The van der Waals surface area contributed by atoms with E-state index in [1.807, 2.05) is 6.92 Å². The van der Waals surface area contributed by atoms with Crippen molar-refractivity contribution in [3.8, 4) is 0 Å². The molecule has 0 spiro atoms. The Bertz CT molecular complexity index is 588. The van der Waals surface area contributed by atoms with E-state index in [-0.39, 0.29) is 5.56 Å². The van der Waals surface area contributed by atoms with Gasteiger partial charge in [0.15, 0.2) is 0 Å². The highest BCUT2D eigenvalue weighted by Crippen LogP contribution is 2.31. The molecule has 0 aliphatic heterocycles. The molecule has 0 aliphatic rings. The number of halogens is 3. The van der Waals surface area contributed by atoms with Gasteiger partial charge in [-0.05, 0) is 34.5 Å². The number of aryl methyl sites for hydroxylation is 1. The number of aliphatic hydroxyl groups excluding tert-OH is 1. The van der Waals surface area contributed by atoms with Crippen LogP contribution in [-0.2, 0) is 6.54 Å². The first-order valence-corrected chi connectivity index (χ1v) is 7.06. The van der Waals surface area contributed by atoms with Crippen molar-refractivity contribution in [3.63, 3.8) is 0 Å². The largest absolute Gasteiger partial charge is 0.382 e. The molecule has 0 aliphatic carbocycles. The Morgan fingerprint density at radius 3 is 2.89 bits per heavy atom. The third kappa shape index (κ3) is 2.99. The Balaban J connectivity index is 2.43. The molecule has 1 N–H and O–H groups in total. The summed E-state index contributed by atoms with van der Waals surface area (Å²) in [4.78, 5) is 0. The van der Waals surface area contributed by atoms with E-state index in [2.05, 4.69) is 21.0 Å². The van der Waals surface area contributed by atoms with Crippen molar-refractivity contribution < 1.29 is 9.50 Å². The van der Waals surface area contributed by atoms with Gasteiger partial charge in [0.2, 0.25) is 0 Å². The van der Waals surface area contributed by atoms with Crippen molar-refractivity contribution in [3.05, 3.63) is 51.0 Å². The first kappa shape index (κ1) is 14.5. The highest BCUT2D eigenvalue weighted by molar-refractivity contribution is 9.10. The highest BCUT2D eigenvalue weighted by atomic mass is 79.9. The third-order valence-electron chi connectivity index (χ3n) is 2.78. The van der Waals surface area contributed by atoms with Gasteiger partial charge in [0, 0.05) is 17.1 Å². The number of hydrogen-bond acceptors (Lipinski definition) is 2. The van der Waals surface area contributed by atoms with Crippen LogP contribution in [0.1, 0.15) is 30.7 Å². The first-order chi connectivity index (χ1) is 9.04. The molecule has 6 heteroatoms. The van der Waals surface area contributed by atoms with Gasteiger partial charge in [-0.25, -0.2) is 4.39 Å². The zero-order valence-corrected chi connectivity index (χ0v) is 12.6. The van der Waals surface area contributed by atoms with Crippen LogP contribution in [0.15, 0.2) is 28.9 Å². The highest BCUT2D eigenvalue weighted by Gasteiger charge is 2.22. The molecule has 0 saturated carbocycles. The molecule has 2 aromatic rings. The summed E-state index contributed by atoms with van der Waals surface area (Å²) < 4.78 is 16.2. The minimum absolute atomic E-state index is 0.183. The summed E-state index contributed by atoms with van der Waals surface area (Å²) in [5.74, 6) is -0.531. The molecule has 0 fully saturated rings. The number of aromatic nitrogens is 2. The minimum Gasteiger partial charge on any atom is -0.382 e. The maximum atomic E-state index is 13.9. The van der Waals surface area contributed by atoms with Gasteiger partial charge in [-0.2, -0.15) is 5.10 Å². The van der Waals surface area contributed by atoms with Crippen LogP contribution in [0.3, 0.4) is 0 Å². The fraction of sp³-hybridized carbons (Fsp3) is 0.308. The lowest BCUT2D eigenvalue weighted by Gasteiger charge is -2.15. The van der Waals surface area contributed by atoms with E-state index in [4.69, 9.17) is 11.6 Å². The molecule has 0 saturated heterocycles. The quantitative estimate of drug-likeness (QED) is 0.910. The van der Waals surface area contributed by atoms with E-state index < -0.39 is 11.9 Å². The van der Waals surface area contributed by atoms with Crippen LogP contribution in [-0.4, -0.2) is 14.9 Å². The summed E-state index contributed by atoms with van der Waals surface area (Å²) in [5.41, 5.74) is 0.728. The van der Waals surface area contributed by atoms with E-state index in [0.717, 1.165) is 6.42 Å². The van der Waals surface area contributed by atoms with E-state index in [1.54, 1.807) is 16.9 Å². The zero-order valence-electron chi connectivity index (χ0n) is 10.3. The molecule has 0 amide bonds. The summed E-state index contributed by atoms with van der Waals surface area (Å²) in [6, 6.07) is 4.23. The average Bonchev–Trinajstić information content (AvgIpc) is 2.70. The maximum absolute atomic E-state index is 13.9. The van der Waals surface area contributed by atoms with Crippen molar-refractivity contribution >= 4 is 27.5 Å². The topological polar surface area (TPSA) is 38.0 Å². The Hall–Kier alpha value is -0.910. The second-order valence-corrected chi connectivity index (χ2v) is 5.46. The summed E-state index contributed by atoms with van der Waals surface area (Å²) >= 11 is 9.04. The van der Waals surface area contributed by atoms with E-state index in [9.17, 15) is 9.50 Å². The van der Waals surface area contributed by atoms with Gasteiger partial charge in [0.25, 0.3) is 0 Å². The van der Waals surface area contributed by atoms with Crippen LogP contribution >= 0.6 is 27.5 Å². The SMILES string of the molecule is CCCn1ncc(Br)c1C(O)c1ccc(Cl)cc1F. The third-order valence-corrected chi connectivity index (χ3v) is 3.63. The second-order valence-electron chi connectivity index (χ2n) is 4.17. The van der Waals surface area contributed by atoms with E-state index in [0.29, 0.717) is 21.7 Å². The summed E-state index contributed by atoms with van der Waals surface area (Å²) in [6.45, 7) is 2.67. The lowest BCUT2D eigenvalue weighted by Crippen LogP contribution is -2.11. The van der Waals surface area contributed by atoms with E-state index >= 15 is 0 Å². The van der Waals surface area contributed by atoms with Gasteiger partial charge in [-0.3, -0.25) is 4.68 Å². The monoisotopic (exact) mass is 346 g/mol. The smallest absolute Gasteiger partial charge is 0.130 e. The van der Waals surface area contributed by atoms with Gasteiger partial charge >= 0.3 is 0 Å². The van der Waals surface area contributed by atoms with Gasteiger partial charge < -0.3 is 5.11 Å². The van der Waals surface area contributed by atoms with Crippen LogP contribution in [0.2, 0.25) is 5.02 Å². The normalized spacial score (nSPS) is 12.7. The predicted molar refractivity (Wildman–Crippen MR) is 75.7 cm³/mol. The molecule has 1 atom stereocenters. The van der Waals surface area contributed by atoms with Crippen LogP contribution in [0.25, 0.3) is 0 Å². The zero-order chi connectivity index (χ0) is 14.0. The van der Waals surface area contributed by atoms with Crippen molar-refractivity contribution in [2.45, 2.75) is 26.0 Å². The molecule has 19 heavy (non-hydrogen) atoms. The van der Waals surface area contributed by atoms with Crippen LogP contribution < -0.4 is 0 Å². The molecule has 102 valence electrons. The lowest BCUT2D eigenvalue weighted by molar-refractivity contribution is 0.201. The molecule has 0 radical (unpaired) electrons. The molecule has 1 aromatic carbocycles. The summed E-state index contributed by atoms with van der Waals surface area (Å²) in [5, 5.41) is 14.8. The fourth-order valence-corrected chi connectivity index (χ4v) is 2.58. The first-order valence-electron chi connectivity index (χ1n) is 5.88. The Labute approximate surface area is 124 Å². The maximum Gasteiger partial charge on any atom is 0.130 e. The molecule has 0 bridgehead atoms. The standard InChI is InChI=1S/C13H13BrClFN2O/c1-2-5-18-12(10(14)7-17-18)13(19)9-4-3-8(15)6-11(9)16/h3-4,6-7,13,19H,2,5H2,1H3. The van der Waals surface area contributed by atoms with Crippen LogP contribution in [0.5, 0.6) is 0 Å². The number of hydrogen-bond donors (Lipinski definition) is 1. The number of aliphatic hydroxyl groups is 1. The Kier molecular flexibility index (Phi) is 4.60. The Morgan fingerprint density at radius 2 is 2.26 bits per heavy atom.